The van der Waals surface area contributed by atoms with Gasteiger partial charge >= 0.3 is 6.03 Å². The van der Waals surface area contributed by atoms with Gasteiger partial charge in [-0.25, -0.2) is 4.79 Å². The standard InChI is InChI=1S/C27H56ClN3O2.ClH/c1-4-5-6-7-8-9-10-11-12-13-14-15-16-17-18-19-21-29-27(33)30-22-20-23-31(2,3)25-26(32)24-28;/h26,32H,4-25H2,1-3H3,(H-,29,30,33);1H. The molecule has 34 heavy (non-hydrogen) atoms. The van der Waals surface area contributed by atoms with Crippen molar-refractivity contribution in [2.45, 2.75) is 122 Å². The smallest absolute Gasteiger partial charge is 0.314 e. The summed E-state index contributed by atoms with van der Waals surface area (Å²) in [6, 6.07) is -0.0675. The molecule has 0 heterocycles. The molecule has 2 amide bonds. The number of carbonyl (C=O) groups is 1. The van der Waals surface area contributed by atoms with E-state index in [0.29, 0.717) is 17.6 Å². The maximum Gasteiger partial charge on any atom is 0.314 e. The zero-order valence-electron chi connectivity index (χ0n) is 22.7. The summed E-state index contributed by atoms with van der Waals surface area (Å²) in [6.07, 6.45) is 22.2. The molecular weight excluding hydrogens is 469 g/mol. The fraction of sp³-hybridized carbons (Fsp3) is 0.963. The van der Waals surface area contributed by atoms with Gasteiger partial charge in [0.15, 0.2) is 0 Å². The average Bonchev–Trinajstić information content (AvgIpc) is 2.78. The van der Waals surface area contributed by atoms with Gasteiger partial charge in [0.25, 0.3) is 0 Å². The third-order valence-electron chi connectivity index (χ3n) is 6.42. The second kappa shape index (κ2) is 25.9. The maximum absolute atomic E-state index is 11.9. The van der Waals surface area contributed by atoms with Crippen LogP contribution in [0.4, 0.5) is 4.79 Å². The van der Waals surface area contributed by atoms with Crippen LogP contribution in [0, 0.1) is 0 Å². The van der Waals surface area contributed by atoms with Gasteiger partial charge in [0, 0.05) is 19.5 Å². The third-order valence-corrected chi connectivity index (χ3v) is 6.78. The molecule has 0 rings (SSSR count). The van der Waals surface area contributed by atoms with E-state index in [2.05, 4.69) is 31.7 Å². The molecule has 0 aromatic carbocycles. The van der Waals surface area contributed by atoms with Crippen LogP contribution in [0.3, 0.4) is 0 Å². The lowest BCUT2D eigenvalue weighted by Crippen LogP contribution is -3.00. The molecule has 5 nitrogen and oxygen atoms in total. The van der Waals surface area contributed by atoms with Crippen molar-refractivity contribution in [3.63, 3.8) is 0 Å². The molecule has 0 aliphatic rings. The summed E-state index contributed by atoms with van der Waals surface area (Å²) in [5, 5.41) is 15.6. The molecule has 0 aromatic rings. The number of aliphatic hydroxyl groups is 1. The summed E-state index contributed by atoms with van der Waals surface area (Å²) in [5.74, 6) is 0.266. The highest BCUT2D eigenvalue weighted by atomic mass is 35.5. The number of hydrogen-bond acceptors (Lipinski definition) is 2. The fourth-order valence-corrected chi connectivity index (χ4v) is 4.45. The molecule has 1 atom stereocenters. The Morgan fingerprint density at radius 2 is 1.12 bits per heavy atom. The second-order valence-corrected chi connectivity index (χ2v) is 10.8. The molecule has 0 radical (unpaired) electrons. The Morgan fingerprint density at radius 1 is 0.735 bits per heavy atom. The highest BCUT2D eigenvalue weighted by Gasteiger charge is 2.19. The van der Waals surface area contributed by atoms with Crippen molar-refractivity contribution >= 4 is 17.6 Å². The van der Waals surface area contributed by atoms with Gasteiger partial charge in [-0.2, -0.15) is 0 Å². The van der Waals surface area contributed by atoms with E-state index in [1.54, 1.807) is 0 Å². The van der Waals surface area contributed by atoms with Crippen molar-refractivity contribution in [2.24, 2.45) is 0 Å². The first-order valence-electron chi connectivity index (χ1n) is 14.0. The molecule has 206 valence electrons. The minimum atomic E-state index is -0.474. The van der Waals surface area contributed by atoms with Crippen LogP contribution in [0.25, 0.3) is 0 Å². The van der Waals surface area contributed by atoms with E-state index in [-0.39, 0.29) is 24.3 Å². The molecule has 3 N–H and O–H groups in total. The number of halogens is 2. The predicted molar refractivity (Wildman–Crippen MR) is 144 cm³/mol. The molecule has 1 unspecified atom stereocenters. The van der Waals surface area contributed by atoms with Crippen LogP contribution < -0.4 is 23.0 Å². The molecule has 0 bridgehead atoms. The van der Waals surface area contributed by atoms with Crippen molar-refractivity contribution in [2.75, 3.05) is 46.2 Å². The third kappa shape index (κ3) is 26.4. The minimum Gasteiger partial charge on any atom is -1.00 e. The number of nitrogens with one attached hydrogen (secondary N) is 2. The number of carbonyl (C=O) groups excluding carboxylic acids is 1. The average molecular weight is 527 g/mol. The first-order chi connectivity index (χ1) is 15.9. The number of amides is 2. The zero-order chi connectivity index (χ0) is 24.6. The van der Waals surface area contributed by atoms with E-state index in [1.807, 2.05) is 0 Å². The SMILES string of the molecule is CCCCCCCCCCCCCCCCCCNC(=O)NCCC[N+](C)(C)CC(O)CCl.[Cl-]. The van der Waals surface area contributed by atoms with Crippen LogP contribution in [0.1, 0.15) is 116 Å². The topological polar surface area (TPSA) is 61.4 Å². The molecule has 0 saturated carbocycles. The molecule has 0 spiro atoms. The summed E-state index contributed by atoms with van der Waals surface area (Å²) in [5.41, 5.74) is 0. The number of hydrogen-bond donors (Lipinski definition) is 3. The lowest BCUT2D eigenvalue weighted by atomic mass is 10.0. The van der Waals surface area contributed by atoms with Crippen LogP contribution in [-0.4, -0.2) is 67.9 Å². The van der Waals surface area contributed by atoms with Gasteiger partial charge in [-0.05, 0) is 6.42 Å². The van der Waals surface area contributed by atoms with Gasteiger partial charge in [0.1, 0.15) is 12.6 Å². The van der Waals surface area contributed by atoms with Crippen LogP contribution in [0.2, 0.25) is 0 Å². The molecule has 0 aliphatic heterocycles. The summed E-state index contributed by atoms with van der Waals surface area (Å²) < 4.78 is 0.705. The van der Waals surface area contributed by atoms with Gasteiger partial charge in [-0.15, -0.1) is 11.6 Å². The first-order valence-corrected chi connectivity index (χ1v) is 14.5. The molecule has 0 aliphatic carbocycles. The first kappa shape index (κ1) is 35.9. The monoisotopic (exact) mass is 525 g/mol. The van der Waals surface area contributed by atoms with Crippen LogP contribution in [-0.2, 0) is 0 Å². The summed E-state index contributed by atoms with van der Waals surface area (Å²) >= 11 is 5.68. The van der Waals surface area contributed by atoms with E-state index in [4.69, 9.17) is 11.6 Å². The molecule has 0 saturated heterocycles. The van der Waals surface area contributed by atoms with Crippen LogP contribution >= 0.6 is 11.6 Å². The Hall–Kier alpha value is -0.230. The fourth-order valence-electron chi connectivity index (χ4n) is 4.36. The van der Waals surface area contributed by atoms with Crippen molar-refractivity contribution in [3.05, 3.63) is 0 Å². The Bertz CT molecular complexity index is 440. The van der Waals surface area contributed by atoms with Crippen molar-refractivity contribution in [1.29, 1.82) is 0 Å². The summed E-state index contributed by atoms with van der Waals surface area (Å²) in [6.45, 7) is 5.22. The Morgan fingerprint density at radius 3 is 1.53 bits per heavy atom. The highest BCUT2D eigenvalue weighted by Crippen LogP contribution is 2.13. The molecule has 0 fully saturated rings. The van der Waals surface area contributed by atoms with Crippen molar-refractivity contribution in [3.8, 4) is 0 Å². The Balaban J connectivity index is 0. The summed E-state index contributed by atoms with van der Waals surface area (Å²) in [7, 11) is 4.15. The lowest BCUT2D eigenvalue weighted by molar-refractivity contribution is -0.893. The minimum absolute atomic E-state index is 0. The zero-order valence-corrected chi connectivity index (χ0v) is 24.2. The number of aliphatic hydroxyl groups excluding tert-OH is 1. The molecule has 7 heteroatoms. The predicted octanol–water partition coefficient (Wildman–Crippen LogP) is 3.62. The highest BCUT2D eigenvalue weighted by molar-refractivity contribution is 6.18. The van der Waals surface area contributed by atoms with E-state index in [1.165, 1.54) is 96.3 Å². The van der Waals surface area contributed by atoms with Crippen LogP contribution in [0.15, 0.2) is 0 Å². The maximum atomic E-state index is 11.9. The van der Waals surface area contributed by atoms with E-state index in [9.17, 15) is 9.90 Å². The number of alkyl halides is 1. The number of nitrogens with zero attached hydrogens (tertiary/aromatic N) is 1. The van der Waals surface area contributed by atoms with Crippen LogP contribution in [0.5, 0.6) is 0 Å². The molecule has 0 aromatic heterocycles. The largest absolute Gasteiger partial charge is 1.00 e. The lowest BCUT2D eigenvalue weighted by Gasteiger charge is -2.31. The van der Waals surface area contributed by atoms with Gasteiger partial charge in [0.2, 0.25) is 0 Å². The Labute approximate surface area is 223 Å². The van der Waals surface area contributed by atoms with Crippen molar-refractivity contribution in [1.82, 2.24) is 10.6 Å². The number of urea groups is 1. The summed E-state index contributed by atoms with van der Waals surface area (Å²) in [4.78, 5) is 11.9. The van der Waals surface area contributed by atoms with E-state index < -0.39 is 6.10 Å². The molecular formula is C27H57Cl2N3O2. The Kier molecular flexibility index (Phi) is 27.3. The van der Waals surface area contributed by atoms with Gasteiger partial charge in [-0.3, -0.25) is 0 Å². The second-order valence-electron chi connectivity index (χ2n) is 10.5. The quantitative estimate of drug-likeness (QED) is 0.102. The van der Waals surface area contributed by atoms with Gasteiger partial charge < -0.3 is 32.6 Å². The van der Waals surface area contributed by atoms with Gasteiger partial charge in [-0.1, -0.05) is 103 Å². The number of unbranched alkanes of at least 4 members (excludes halogenated alkanes) is 15. The number of rotatable bonds is 24. The normalized spacial score (nSPS) is 12.3. The van der Waals surface area contributed by atoms with E-state index in [0.717, 1.165) is 25.9 Å². The van der Waals surface area contributed by atoms with Crippen molar-refractivity contribution < 1.29 is 26.8 Å². The number of quaternary nitrogens is 1. The number of likely N-dealkylation sites (N-methyl/N-ethyl adjacent to an activating group) is 1. The van der Waals surface area contributed by atoms with E-state index >= 15 is 0 Å². The van der Waals surface area contributed by atoms with Gasteiger partial charge in [0.05, 0.1) is 26.5 Å².